The second-order valence-corrected chi connectivity index (χ2v) is 10.9. The topological polar surface area (TPSA) is 103 Å². The Kier molecular flexibility index (Phi) is 9.18. The lowest BCUT2D eigenvalue weighted by molar-refractivity contribution is -0.122. The highest BCUT2D eigenvalue weighted by molar-refractivity contribution is 7.17. The minimum Gasteiger partial charge on any atom is -0.481 e. The van der Waals surface area contributed by atoms with Gasteiger partial charge in [0.2, 0.25) is 0 Å². The van der Waals surface area contributed by atoms with Gasteiger partial charge in [0.15, 0.2) is 6.10 Å². The van der Waals surface area contributed by atoms with Crippen molar-refractivity contribution in [3.8, 4) is 17.2 Å². The summed E-state index contributed by atoms with van der Waals surface area (Å²) in [6, 6.07) is 23.0. The summed E-state index contributed by atoms with van der Waals surface area (Å²) in [5.41, 5.74) is 2.48. The SMILES string of the molecule is CCOC(=O)c1c(NC(=O)c2ccc(O[C@@H](C)C(=O)Nc3ccc(Oc4ccccc4)cc3)cc2)sc2c1CCCC2. The smallest absolute Gasteiger partial charge is 0.341 e. The summed E-state index contributed by atoms with van der Waals surface area (Å²) in [6.45, 7) is 3.69. The highest BCUT2D eigenvalue weighted by atomic mass is 32.1. The molecule has 3 aromatic carbocycles. The van der Waals surface area contributed by atoms with Crippen LogP contribution < -0.4 is 20.1 Å². The summed E-state index contributed by atoms with van der Waals surface area (Å²) in [6.07, 6.45) is 3.00. The van der Waals surface area contributed by atoms with Crippen molar-refractivity contribution in [3.63, 3.8) is 0 Å². The Labute approximate surface area is 248 Å². The number of para-hydroxylation sites is 1. The predicted molar refractivity (Wildman–Crippen MR) is 163 cm³/mol. The Balaban J connectivity index is 1.17. The van der Waals surface area contributed by atoms with Gasteiger partial charge in [-0.15, -0.1) is 11.3 Å². The summed E-state index contributed by atoms with van der Waals surface area (Å²) >= 11 is 1.45. The molecule has 1 aliphatic carbocycles. The average Bonchev–Trinajstić information content (AvgIpc) is 3.37. The Morgan fingerprint density at radius 3 is 2.21 bits per heavy atom. The summed E-state index contributed by atoms with van der Waals surface area (Å²) in [5, 5.41) is 6.27. The van der Waals surface area contributed by atoms with Crippen LogP contribution in [0.15, 0.2) is 78.9 Å². The molecule has 0 saturated carbocycles. The van der Waals surface area contributed by atoms with Crippen molar-refractivity contribution in [2.75, 3.05) is 17.2 Å². The molecule has 0 unspecified atom stereocenters. The average molecular weight is 585 g/mol. The molecule has 5 rings (SSSR count). The minimum absolute atomic E-state index is 0.269. The molecule has 0 spiro atoms. The van der Waals surface area contributed by atoms with Crippen molar-refractivity contribution in [1.29, 1.82) is 0 Å². The summed E-state index contributed by atoms with van der Waals surface area (Å²) in [5.74, 6) is 0.770. The van der Waals surface area contributed by atoms with E-state index in [2.05, 4.69) is 10.6 Å². The van der Waals surface area contributed by atoms with E-state index in [9.17, 15) is 14.4 Å². The van der Waals surface area contributed by atoms with Crippen LogP contribution in [0.3, 0.4) is 0 Å². The molecule has 0 bridgehead atoms. The maximum Gasteiger partial charge on any atom is 0.341 e. The van der Waals surface area contributed by atoms with E-state index in [1.54, 1.807) is 62.4 Å². The molecule has 0 saturated heterocycles. The van der Waals surface area contributed by atoms with E-state index in [4.69, 9.17) is 14.2 Å². The Bertz CT molecular complexity index is 1550. The lowest BCUT2D eigenvalue weighted by Crippen LogP contribution is -2.30. The standard InChI is InChI=1S/C33H32N2O6S/c1-3-39-33(38)29-27-11-7-8-12-28(27)42-32(29)35-31(37)22-13-17-25(18-14-22)40-21(2)30(36)34-23-15-19-26(20-16-23)41-24-9-5-4-6-10-24/h4-6,9-10,13-21H,3,7-8,11-12H2,1-2H3,(H,34,36)(H,35,37)/t21-/m0/s1. The van der Waals surface area contributed by atoms with E-state index in [0.29, 0.717) is 33.3 Å². The molecular weight excluding hydrogens is 552 g/mol. The number of aryl methyl sites for hydroxylation is 1. The van der Waals surface area contributed by atoms with Crippen molar-refractivity contribution in [2.24, 2.45) is 0 Å². The molecule has 0 radical (unpaired) electrons. The fourth-order valence-corrected chi connectivity index (χ4v) is 5.94. The number of esters is 1. The van der Waals surface area contributed by atoms with Gasteiger partial charge in [0.25, 0.3) is 11.8 Å². The molecule has 1 heterocycles. The Hall–Kier alpha value is -4.63. The first kappa shape index (κ1) is 28.9. The largest absolute Gasteiger partial charge is 0.481 e. The van der Waals surface area contributed by atoms with Crippen LogP contribution in [0.25, 0.3) is 0 Å². The van der Waals surface area contributed by atoms with E-state index in [0.717, 1.165) is 41.9 Å². The van der Waals surface area contributed by atoms with Crippen molar-refractivity contribution in [2.45, 2.75) is 45.6 Å². The van der Waals surface area contributed by atoms with Crippen molar-refractivity contribution < 1.29 is 28.6 Å². The van der Waals surface area contributed by atoms with Crippen LogP contribution in [-0.4, -0.2) is 30.5 Å². The van der Waals surface area contributed by atoms with Gasteiger partial charge < -0.3 is 24.8 Å². The molecule has 8 nitrogen and oxygen atoms in total. The van der Waals surface area contributed by atoms with Gasteiger partial charge >= 0.3 is 5.97 Å². The fraction of sp³-hybridized carbons (Fsp3) is 0.242. The van der Waals surface area contributed by atoms with E-state index in [-0.39, 0.29) is 18.4 Å². The zero-order valence-electron chi connectivity index (χ0n) is 23.5. The number of anilines is 2. The van der Waals surface area contributed by atoms with Gasteiger partial charge in [0, 0.05) is 16.1 Å². The molecule has 1 atom stereocenters. The molecule has 9 heteroatoms. The van der Waals surface area contributed by atoms with Gasteiger partial charge in [0.05, 0.1) is 12.2 Å². The maximum absolute atomic E-state index is 13.1. The highest BCUT2D eigenvalue weighted by Gasteiger charge is 2.27. The number of nitrogens with one attached hydrogen (secondary N) is 2. The number of carbonyl (C=O) groups excluding carboxylic acids is 3. The van der Waals surface area contributed by atoms with Crippen LogP contribution in [0.2, 0.25) is 0 Å². The van der Waals surface area contributed by atoms with E-state index < -0.39 is 12.1 Å². The number of rotatable bonds is 10. The molecule has 216 valence electrons. The first-order valence-electron chi connectivity index (χ1n) is 13.9. The van der Waals surface area contributed by atoms with Crippen LogP contribution in [0, 0.1) is 0 Å². The van der Waals surface area contributed by atoms with Gasteiger partial charge in [-0.3, -0.25) is 9.59 Å². The van der Waals surface area contributed by atoms with E-state index >= 15 is 0 Å². The van der Waals surface area contributed by atoms with Crippen LogP contribution in [-0.2, 0) is 22.4 Å². The Morgan fingerprint density at radius 1 is 0.833 bits per heavy atom. The van der Waals surface area contributed by atoms with Gasteiger partial charge in [0.1, 0.15) is 22.2 Å². The maximum atomic E-state index is 13.1. The summed E-state index contributed by atoms with van der Waals surface area (Å²) in [4.78, 5) is 39.6. The van der Waals surface area contributed by atoms with Crippen LogP contribution in [0.4, 0.5) is 10.7 Å². The van der Waals surface area contributed by atoms with Crippen molar-refractivity contribution >= 4 is 39.8 Å². The number of hydrogen-bond acceptors (Lipinski definition) is 7. The molecule has 2 N–H and O–H groups in total. The van der Waals surface area contributed by atoms with E-state index in [1.807, 2.05) is 30.3 Å². The number of fused-ring (bicyclic) bond motifs is 1. The first-order valence-corrected chi connectivity index (χ1v) is 14.8. The van der Waals surface area contributed by atoms with Crippen LogP contribution in [0.5, 0.6) is 17.2 Å². The number of thiophene rings is 1. The number of hydrogen-bond donors (Lipinski definition) is 2. The summed E-state index contributed by atoms with van der Waals surface area (Å²) < 4.78 is 16.9. The predicted octanol–water partition coefficient (Wildman–Crippen LogP) is 7.25. The molecule has 0 aliphatic heterocycles. The molecule has 2 amide bonds. The fourth-order valence-electron chi connectivity index (χ4n) is 4.67. The van der Waals surface area contributed by atoms with Crippen molar-refractivity contribution in [1.82, 2.24) is 0 Å². The third-order valence-electron chi connectivity index (χ3n) is 6.78. The molecule has 1 aromatic heterocycles. The third-order valence-corrected chi connectivity index (χ3v) is 7.98. The van der Waals surface area contributed by atoms with Gasteiger partial charge in [-0.2, -0.15) is 0 Å². The lowest BCUT2D eigenvalue weighted by atomic mass is 9.95. The number of carbonyl (C=O) groups is 3. The third kappa shape index (κ3) is 6.98. The second kappa shape index (κ2) is 13.4. The van der Waals surface area contributed by atoms with Crippen LogP contribution >= 0.6 is 11.3 Å². The zero-order chi connectivity index (χ0) is 29.5. The molecule has 0 fully saturated rings. The van der Waals surface area contributed by atoms with Gasteiger partial charge in [-0.05, 0) is 106 Å². The molecule has 4 aromatic rings. The minimum atomic E-state index is -0.783. The molecule has 1 aliphatic rings. The summed E-state index contributed by atoms with van der Waals surface area (Å²) in [7, 11) is 0. The zero-order valence-corrected chi connectivity index (χ0v) is 24.3. The first-order chi connectivity index (χ1) is 20.4. The normalized spacial score (nSPS) is 12.9. The van der Waals surface area contributed by atoms with E-state index in [1.165, 1.54) is 11.3 Å². The van der Waals surface area contributed by atoms with Gasteiger partial charge in [-0.25, -0.2) is 4.79 Å². The highest BCUT2D eigenvalue weighted by Crippen LogP contribution is 2.39. The second-order valence-electron chi connectivity index (χ2n) is 9.80. The lowest BCUT2D eigenvalue weighted by Gasteiger charge is -2.15. The Morgan fingerprint density at radius 2 is 1.50 bits per heavy atom. The monoisotopic (exact) mass is 584 g/mol. The quantitative estimate of drug-likeness (QED) is 0.190. The molecular formula is C33H32N2O6S. The number of benzene rings is 3. The van der Waals surface area contributed by atoms with Crippen molar-refractivity contribution in [3.05, 3.63) is 100 Å². The van der Waals surface area contributed by atoms with Gasteiger partial charge in [-0.1, -0.05) is 18.2 Å². The number of ether oxygens (including phenoxy) is 3. The number of amides is 2. The van der Waals surface area contributed by atoms with Crippen LogP contribution in [0.1, 0.15) is 57.8 Å². The molecule has 42 heavy (non-hydrogen) atoms.